The van der Waals surface area contributed by atoms with E-state index in [1.807, 2.05) is 56.3 Å². The van der Waals surface area contributed by atoms with Gasteiger partial charge in [0.15, 0.2) is 5.78 Å². The summed E-state index contributed by atoms with van der Waals surface area (Å²) < 4.78 is 5.48. The van der Waals surface area contributed by atoms with Crippen LogP contribution >= 0.6 is 0 Å². The molecule has 0 atom stereocenters. The molecule has 0 heterocycles. The van der Waals surface area contributed by atoms with Crippen LogP contribution < -0.4 is 4.74 Å². The van der Waals surface area contributed by atoms with Gasteiger partial charge in [-0.2, -0.15) is 0 Å². The highest BCUT2D eigenvalue weighted by molar-refractivity contribution is 5.81. The van der Waals surface area contributed by atoms with Gasteiger partial charge in [-0.05, 0) is 29.7 Å². The van der Waals surface area contributed by atoms with Crippen molar-refractivity contribution < 1.29 is 9.53 Å². The molecular weight excluding hydrogens is 248 g/mol. The van der Waals surface area contributed by atoms with E-state index in [2.05, 4.69) is 12.1 Å². The summed E-state index contributed by atoms with van der Waals surface area (Å²) in [6.45, 7) is 3.92. The minimum atomic E-state index is 0.0207. The summed E-state index contributed by atoms with van der Waals surface area (Å²) in [5.74, 6) is 0.890. The molecule has 2 aromatic carbocycles. The largest absolute Gasteiger partial charge is 0.486 e. The minimum absolute atomic E-state index is 0.0207. The van der Waals surface area contributed by atoms with E-state index in [-0.39, 0.29) is 18.3 Å². The third-order valence-corrected chi connectivity index (χ3v) is 3.20. The standard InChI is InChI=1S/C18H20O2/c1-14(2)18(19)13-20-17-10-8-16(9-11-17)12-15-6-4-3-5-7-15/h3-11,14H,12-13H2,1-2H3. The fourth-order valence-electron chi connectivity index (χ4n) is 1.86. The number of carbonyl (C=O) groups excluding carboxylic acids is 1. The molecule has 0 saturated heterocycles. The Morgan fingerprint density at radius 1 is 0.950 bits per heavy atom. The molecule has 2 rings (SSSR count). The van der Waals surface area contributed by atoms with Gasteiger partial charge in [-0.25, -0.2) is 0 Å². The third-order valence-electron chi connectivity index (χ3n) is 3.20. The van der Waals surface area contributed by atoms with Crippen LogP contribution in [0.1, 0.15) is 25.0 Å². The van der Waals surface area contributed by atoms with Crippen molar-refractivity contribution in [1.29, 1.82) is 0 Å². The smallest absolute Gasteiger partial charge is 0.172 e. The summed E-state index contributed by atoms with van der Waals surface area (Å²) >= 11 is 0. The molecule has 0 aromatic heterocycles. The fraction of sp³-hybridized carbons (Fsp3) is 0.278. The molecule has 20 heavy (non-hydrogen) atoms. The molecule has 0 aliphatic heterocycles. The van der Waals surface area contributed by atoms with Crippen LogP contribution in [-0.2, 0) is 11.2 Å². The first-order valence-electron chi connectivity index (χ1n) is 6.93. The van der Waals surface area contributed by atoms with Crippen LogP contribution in [0.25, 0.3) is 0 Å². The van der Waals surface area contributed by atoms with Crippen LogP contribution in [0.15, 0.2) is 54.6 Å². The van der Waals surface area contributed by atoms with Crippen LogP contribution in [0.5, 0.6) is 5.75 Å². The monoisotopic (exact) mass is 268 g/mol. The molecule has 0 bridgehead atoms. The van der Waals surface area contributed by atoms with Gasteiger partial charge in [-0.1, -0.05) is 56.3 Å². The predicted octanol–water partition coefficient (Wildman–Crippen LogP) is 3.88. The van der Waals surface area contributed by atoms with Crippen molar-refractivity contribution >= 4 is 5.78 Å². The minimum Gasteiger partial charge on any atom is -0.486 e. The molecule has 0 N–H and O–H groups in total. The molecule has 0 spiro atoms. The number of hydrogen-bond acceptors (Lipinski definition) is 2. The van der Waals surface area contributed by atoms with Crippen LogP contribution in [0, 0.1) is 5.92 Å². The lowest BCUT2D eigenvalue weighted by molar-refractivity contribution is -0.123. The summed E-state index contributed by atoms with van der Waals surface area (Å²) in [7, 11) is 0. The Morgan fingerprint density at radius 2 is 1.55 bits per heavy atom. The topological polar surface area (TPSA) is 26.3 Å². The van der Waals surface area contributed by atoms with Gasteiger partial charge in [0.05, 0.1) is 0 Å². The van der Waals surface area contributed by atoms with Gasteiger partial charge in [0, 0.05) is 5.92 Å². The highest BCUT2D eigenvalue weighted by atomic mass is 16.5. The van der Waals surface area contributed by atoms with E-state index in [1.165, 1.54) is 11.1 Å². The molecule has 0 saturated carbocycles. The van der Waals surface area contributed by atoms with Crippen molar-refractivity contribution in [2.45, 2.75) is 20.3 Å². The Kier molecular flexibility index (Phi) is 4.94. The van der Waals surface area contributed by atoms with E-state index in [0.717, 1.165) is 12.2 Å². The average molecular weight is 268 g/mol. The van der Waals surface area contributed by atoms with Crippen molar-refractivity contribution in [3.05, 3.63) is 65.7 Å². The molecule has 0 amide bonds. The lowest BCUT2D eigenvalue weighted by Gasteiger charge is -2.08. The Hall–Kier alpha value is -2.09. The van der Waals surface area contributed by atoms with Crippen LogP contribution in [0.2, 0.25) is 0 Å². The van der Waals surface area contributed by atoms with Gasteiger partial charge in [0.2, 0.25) is 0 Å². The molecule has 0 unspecified atom stereocenters. The second-order valence-corrected chi connectivity index (χ2v) is 5.22. The van der Waals surface area contributed by atoms with Crippen LogP contribution in [0.3, 0.4) is 0 Å². The Labute approximate surface area is 120 Å². The number of ether oxygens (including phenoxy) is 1. The fourth-order valence-corrected chi connectivity index (χ4v) is 1.86. The van der Waals surface area contributed by atoms with E-state index < -0.39 is 0 Å². The van der Waals surface area contributed by atoms with Gasteiger partial charge in [-0.15, -0.1) is 0 Å². The van der Waals surface area contributed by atoms with E-state index >= 15 is 0 Å². The molecule has 104 valence electrons. The second-order valence-electron chi connectivity index (χ2n) is 5.22. The zero-order valence-corrected chi connectivity index (χ0v) is 12.0. The highest BCUT2D eigenvalue weighted by Crippen LogP contribution is 2.15. The number of rotatable bonds is 6. The maximum absolute atomic E-state index is 11.5. The SMILES string of the molecule is CC(C)C(=O)COc1ccc(Cc2ccccc2)cc1. The van der Waals surface area contributed by atoms with Crippen molar-refractivity contribution in [2.24, 2.45) is 5.92 Å². The van der Waals surface area contributed by atoms with E-state index in [1.54, 1.807) is 0 Å². The lowest BCUT2D eigenvalue weighted by Crippen LogP contribution is -2.16. The summed E-state index contributed by atoms with van der Waals surface area (Å²) in [5.41, 5.74) is 2.52. The maximum atomic E-state index is 11.5. The summed E-state index contributed by atoms with van der Waals surface area (Å²) in [6, 6.07) is 18.3. The van der Waals surface area contributed by atoms with Crippen LogP contribution in [0.4, 0.5) is 0 Å². The normalized spacial score (nSPS) is 10.6. The molecular formula is C18H20O2. The number of ketones is 1. The van der Waals surface area contributed by atoms with Crippen LogP contribution in [-0.4, -0.2) is 12.4 Å². The zero-order chi connectivity index (χ0) is 14.4. The quantitative estimate of drug-likeness (QED) is 0.794. The summed E-state index contributed by atoms with van der Waals surface area (Å²) in [5, 5.41) is 0. The summed E-state index contributed by atoms with van der Waals surface area (Å²) in [6.07, 6.45) is 0.909. The van der Waals surface area contributed by atoms with Gasteiger partial charge in [0.1, 0.15) is 12.4 Å². The molecule has 2 aromatic rings. The first-order valence-corrected chi connectivity index (χ1v) is 6.93. The third kappa shape index (κ3) is 4.23. The Morgan fingerprint density at radius 3 is 2.15 bits per heavy atom. The zero-order valence-electron chi connectivity index (χ0n) is 12.0. The number of Topliss-reactive ketones (excluding diaryl/α,β-unsaturated/α-hetero) is 1. The number of benzene rings is 2. The molecule has 0 fully saturated rings. The van der Waals surface area contributed by atoms with Crippen molar-refractivity contribution in [1.82, 2.24) is 0 Å². The summed E-state index contributed by atoms with van der Waals surface area (Å²) in [4.78, 5) is 11.5. The number of carbonyl (C=O) groups is 1. The van der Waals surface area contributed by atoms with E-state index in [9.17, 15) is 4.79 Å². The first kappa shape index (κ1) is 14.3. The van der Waals surface area contributed by atoms with Crippen molar-refractivity contribution in [2.75, 3.05) is 6.61 Å². The van der Waals surface area contributed by atoms with Gasteiger partial charge in [-0.3, -0.25) is 4.79 Å². The maximum Gasteiger partial charge on any atom is 0.172 e. The average Bonchev–Trinajstić information content (AvgIpc) is 2.47. The number of hydrogen-bond donors (Lipinski definition) is 0. The highest BCUT2D eigenvalue weighted by Gasteiger charge is 2.07. The van der Waals surface area contributed by atoms with E-state index in [4.69, 9.17) is 4.74 Å². The Balaban J connectivity index is 1.91. The molecule has 0 radical (unpaired) electrons. The van der Waals surface area contributed by atoms with E-state index in [0.29, 0.717) is 0 Å². The lowest BCUT2D eigenvalue weighted by atomic mass is 10.1. The first-order chi connectivity index (χ1) is 9.65. The van der Waals surface area contributed by atoms with Gasteiger partial charge >= 0.3 is 0 Å². The van der Waals surface area contributed by atoms with Gasteiger partial charge in [0.25, 0.3) is 0 Å². The molecule has 2 nitrogen and oxygen atoms in total. The predicted molar refractivity (Wildman–Crippen MR) is 81.0 cm³/mol. The van der Waals surface area contributed by atoms with Crippen molar-refractivity contribution in [3.8, 4) is 5.75 Å². The molecule has 2 heteroatoms. The second kappa shape index (κ2) is 6.90. The van der Waals surface area contributed by atoms with Crippen molar-refractivity contribution in [3.63, 3.8) is 0 Å². The van der Waals surface area contributed by atoms with Gasteiger partial charge < -0.3 is 4.74 Å². The molecule has 0 aliphatic rings. The molecule has 0 aliphatic carbocycles. The Bertz CT molecular complexity index is 541.